The molecule has 0 aromatic carbocycles. The summed E-state index contributed by atoms with van der Waals surface area (Å²) in [5.74, 6) is 0.0230. The van der Waals surface area contributed by atoms with Gasteiger partial charge in [-0.1, -0.05) is 23.2 Å². The highest BCUT2D eigenvalue weighted by Crippen LogP contribution is 2.36. The van der Waals surface area contributed by atoms with Crippen LogP contribution in [0.15, 0.2) is 17.8 Å². The van der Waals surface area contributed by atoms with E-state index in [-0.39, 0.29) is 27.8 Å². The van der Waals surface area contributed by atoms with Crippen LogP contribution in [0, 0.1) is 0 Å². The third-order valence-corrected chi connectivity index (χ3v) is 5.09. The minimum Gasteiger partial charge on any atom is -0.309 e. The van der Waals surface area contributed by atoms with Gasteiger partial charge in [0.1, 0.15) is 11.3 Å². The van der Waals surface area contributed by atoms with Crippen LogP contribution in [0.25, 0.3) is 0 Å². The molecule has 2 heterocycles. The molecule has 1 atom stereocenters. The Kier molecular flexibility index (Phi) is 3.92. The van der Waals surface area contributed by atoms with Crippen LogP contribution in [0.5, 0.6) is 0 Å². The van der Waals surface area contributed by atoms with Gasteiger partial charge in [-0.3, -0.25) is 4.79 Å². The van der Waals surface area contributed by atoms with E-state index in [1.54, 1.807) is 11.3 Å². The quantitative estimate of drug-likeness (QED) is 0.851. The van der Waals surface area contributed by atoms with E-state index in [9.17, 15) is 4.79 Å². The highest BCUT2D eigenvalue weighted by atomic mass is 35.5. The number of aryl methyl sites for hydroxylation is 1. The molecule has 104 valence electrons. The van der Waals surface area contributed by atoms with Gasteiger partial charge >= 0.3 is 0 Å². The zero-order chi connectivity index (χ0) is 14.1. The number of amides is 1. The van der Waals surface area contributed by atoms with Crippen molar-refractivity contribution in [1.29, 1.82) is 0 Å². The molecule has 7 heteroatoms. The molecule has 1 amide bonds. The fourth-order valence-electron chi connectivity index (χ4n) is 2.40. The van der Waals surface area contributed by atoms with E-state index < -0.39 is 0 Å². The molecule has 1 unspecified atom stereocenters. The summed E-state index contributed by atoms with van der Waals surface area (Å²) in [7, 11) is 0. The zero-order valence-electron chi connectivity index (χ0n) is 10.4. The number of hydrogen-bond donors (Lipinski definition) is 1. The number of fused-ring (bicyclic) bond motifs is 1. The van der Waals surface area contributed by atoms with Crippen LogP contribution < -0.4 is 5.32 Å². The van der Waals surface area contributed by atoms with Gasteiger partial charge in [0.25, 0.3) is 0 Å². The number of carbonyl (C=O) groups is 1. The molecule has 3 rings (SSSR count). The van der Waals surface area contributed by atoms with Crippen molar-refractivity contribution in [2.75, 3.05) is 5.32 Å². The summed E-state index contributed by atoms with van der Waals surface area (Å²) in [6, 6.07) is 2.03. The third-order valence-electron chi connectivity index (χ3n) is 3.36. The predicted octanol–water partition coefficient (Wildman–Crippen LogP) is 3.90. The SMILES string of the molecule is O=C(Nc1ncnc(Cl)c1Cl)C1CCCc2sccc21. The number of halogens is 2. The smallest absolute Gasteiger partial charge is 0.233 e. The highest BCUT2D eigenvalue weighted by molar-refractivity contribution is 7.10. The Balaban J connectivity index is 1.83. The fourth-order valence-corrected chi connectivity index (χ4v) is 3.66. The molecule has 0 spiro atoms. The first-order valence-corrected chi connectivity index (χ1v) is 7.83. The normalized spacial score (nSPS) is 17.6. The van der Waals surface area contributed by atoms with Crippen LogP contribution >= 0.6 is 34.5 Å². The Hall–Kier alpha value is -1.17. The Labute approximate surface area is 130 Å². The van der Waals surface area contributed by atoms with E-state index in [1.165, 1.54) is 11.2 Å². The highest BCUT2D eigenvalue weighted by Gasteiger charge is 2.28. The van der Waals surface area contributed by atoms with Crippen molar-refractivity contribution in [3.8, 4) is 0 Å². The van der Waals surface area contributed by atoms with Gasteiger partial charge in [0, 0.05) is 4.88 Å². The summed E-state index contributed by atoms with van der Waals surface area (Å²) in [5.41, 5.74) is 1.12. The lowest BCUT2D eigenvalue weighted by Crippen LogP contribution is -2.24. The molecule has 1 aliphatic carbocycles. The number of rotatable bonds is 2. The monoisotopic (exact) mass is 327 g/mol. The van der Waals surface area contributed by atoms with Gasteiger partial charge in [0.15, 0.2) is 11.0 Å². The number of thiophene rings is 1. The summed E-state index contributed by atoms with van der Waals surface area (Å²) < 4.78 is 0. The lowest BCUT2D eigenvalue weighted by Gasteiger charge is -2.21. The molecule has 0 saturated carbocycles. The molecule has 2 aromatic heterocycles. The largest absolute Gasteiger partial charge is 0.309 e. The predicted molar refractivity (Wildman–Crippen MR) is 80.7 cm³/mol. The minimum absolute atomic E-state index is 0.0963. The maximum Gasteiger partial charge on any atom is 0.233 e. The van der Waals surface area contributed by atoms with Crippen molar-refractivity contribution in [3.05, 3.63) is 38.4 Å². The van der Waals surface area contributed by atoms with Gasteiger partial charge in [-0.05, 0) is 36.3 Å². The molecule has 0 fully saturated rings. The van der Waals surface area contributed by atoms with Crippen molar-refractivity contribution in [3.63, 3.8) is 0 Å². The first-order valence-electron chi connectivity index (χ1n) is 6.20. The molecule has 4 nitrogen and oxygen atoms in total. The van der Waals surface area contributed by atoms with E-state index in [1.807, 2.05) is 11.4 Å². The molecule has 0 saturated heterocycles. The second-order valence-electron chi connectivity index (χ2n) is 4.56. The number of nitrogens with one attached hydrogen (secondary N) is 1. The fraction of sp³-hybridized carbons (Fsp3) is 0.308. The second kappa shape index (κ2) is 5.68. The van der Waals surface area contributed by atoms with Gasteiger partial charge in [-0.25, -0.2) is 9.97 Å². The Morgan fingerprint density at radius 1 is 1.40 bits per heavy atom. The molecule has 0 bridgehead atoms. The van der Waals surface area contributed by atoms with Crippen LogP contribution in [-0.4, -0.2) is 15.9 Å². The third kappa shape index (κ3) is 2.53. The number of anilines is 1. The maximum absolute atomic E-state index is 12.4. The van der Waals surface area contributed by atoms with Crippen molar-refractivity contribution in [2.45, 2.75) is 25.2 Å². The summed E-state index contributed by atoms with van der Waals surface area (Å²) in [6.45, 7) is 0. The molecular weight excluding hydrogens is 317 g/mol. The molecule has 0 aliphatic heterocycles. The van der Waals surface area contributed by atoms with Gasteiger partial charge in [-0.15, -0.1) is 11.3 Å². The number of nitrogens with zero attached hydrogens (tertiary/aromatic N) is 2. The Morgan fingerprint density at radius 3 is 3.10 bits per heavy atom. The number of carbonyl (C=O) groups excluding carboxylic acids is 1. The number of aromatic nitrogens is 2. The average molecular weight is 328 g/mol. The van der Waals surface area contributed by atoms with Crippen molar-refractivity contribution in [2.24, 2.45) is 0 Å². The van der Waals surface area contributed by atoms with Crippen LogP contribution in [0.3, 0.4) is 0 Å². The molecule has 1 aliphatic rings. The van der Waals surface area contributed by atoms with Gasteiger partial charge in [0.05, 0.1) is 5.92 Å². The molecule has 20 heavy (non-hydrogen) atoms. The topological polar surface area (TPSA) is 54.9 Å². The van der Waals surface area contributed by atoms with Gasteiger partial charge < -0.3 is 5.32 Å². The number of hydrogen-bond acceptors (Lipinski definition) is 4. The van der Waals surface area contributed by atoms with Crippen LogP contribution in [0.1, 0.15) is 29.2 Å². The summed E-state index contributed by atoms with van der Waals surface area (Å²) >= 11 is 13.5. The minimum atomic E-state index is -0.144. The molecule has 2 aromatic rings. The molecular formula is C13H11Cl2N3OS. The molecule has 1 N–H and O–H groups in total. The van der Waals surface area contributed by atoms with E-state index in [2.05, 4.69) is 15.3 Å². The zero-order valence-corrected chi connectivity index (χ0v) is 12.7. The maximum atomic E-state index is 12.4. The van der Waals surface area contributed by atoms with Crippen molar-refractivity contribution < 1.29 is 4.79 Å². The van der Waals surface area contributed by atoms with E-state index in [4.69, 9.17) is 23.2 Å². The average Bonchev–Trinajstić information content (AvgIpc) is 2.92. The second-order valence-corrected chi connectivity index (χ2v) is 6.30. The van der Waals surface area contributed by atoms with E-state index in [0.29, 0.717) is 0 Å². The first-order chi connectivity index (χ1) is 9.66. The van der Waals surface area contributed by atoms with Crippen LogP contribution in [0.4, 0.5) is 5.82 Å². The van der Waals surface area contributed by atoms with Crippen molar-refractivity contribution >= 4 is 46.3 Å². The Bertz CT molecular complexity index is 659. The summed E-state index contributed by atoms with van der Waals surface area (Å²) in [5, 5.41) is 5.09. The molecule has 0 radical (unpaired) electrons. The van der Waals surface area contributed by atoms with Gasteiger partial charge in [0.2, 0.25) is 5.91 Å². The standard InChI is InChI=1S/C13H11Cl2N3OS/c14-10-11(15)16-6-17-12(10)18-13(19)8-2-1-3-9-7(8)4-5-20-9/h4-6,8H,1-3H2,(H,16,17,18,19). The first kappa shape index (κ1) is 13.8. The Morgan fingerprint density at radius 2 is 2.25 bits per heavy atom. The summed E-state index contributed by atoms with van der Waals surface area (Å²) in [4.78, 5) is 21.4. The summed E-state index contributed by atoms with van der Waals surface area (Å²) in [6.07, 6.45) is 4.19. The van der Waals surface area contributed by atoms with Crippen LogP contribution in [-0.2, 0) is 11.2 Å². The van der Waals surface area contributed by atoms with E-state index in [0.717, 1.165) is 24.8 Å². The van der Waals surface area contributed by atoms with Crippen LogP contribution in [0.2, 0.25) is 10.2 Å². The lowest BCUT2D eigenvalue weighted by atomic mass is 9.87. The van der Waals surface area contributed by atoms with Crippen molar-refractivity contribution in [1.82, 2.24) is 9.97 Å². The van der Waals surface area contributed by atoms with Gasteiger partial charge in [-0.2, -0.15) is 0 Å². The van der Waals surface area contributed by atoms with E-state index >= 15 is 0 Å². The lowest BCUT2D eigenvalue weighted by molar-refractivity contribution is -0.117.